The van der Waals surface area contributed by atoms with Gasteiger partial charge in [-0.15, -0.1) is 0 Å². The number of halogens is 1. The maximum atomic E-state index is 13.1. The molecule has 0 unspecified atom stereocenters. The fourth-order valence-corrected chi connectivity index (χ4v) is 3.80. The molecule has 0 spiro atoms. The van der Waals surface area contributed by atoms with Crippen molar-refractivity contribution < 1.29 is 9.53 Å². The van der Waals surface area contributed by atoms with E-state index in [0.717, 1.165) is 23.8 Å². The lowest BCUT2D eigenvalue weighted by Gasteiger charge is -2.36. The predicted molar refractivity (Wildman–Crippen MR) is 123 cm³/mol. The molecule has 5 nitrogen and oxygen atoms in total. The molecule has 2 heterocycles. The van der Waals surface area contributed by atoms with Crippen LogP contribution in [0.1, 0.15) is 21.6 Å². The number of hydrogen-bond donors (Lipinski definition) is 0. The Hall–Kier alpha value is -3.49. The molecule has 31 heavy (non-hydrogen) atoms. The predicted octanol–water partition coefficient (Wildman–Crippen LogP) is 4.11. The third-order valence-corrected chi connectivity index (χ3v) is 5.52. The van der Waals surface area contributed by atoms with Gasteiger partial charge in [-0.05, 0) is 48.4 Å². The Bertz CT molecular complexity index is 1130. The summed E-state index contributed by atoms with van der Waals surface area (Å²) in [4.78, 5) is 21.4. The van der Waals surface area contributed by atoms with E-state index in [4.69, 9.17) is 16.3 Å². The quantitative estimate of drug-likeness (QED) is 0.585. The molecule has 1 fully saturated rings. The molecule has 3 aromatic rings. The molecule has 156 valence electrons. The monoisotopic (exact) mass is 431 g/mol. The standard InChI is InChI=1S/C25H22ClN3O2/c1-31-24-12-10-20(18-19(24)9-11-21-6-4-5-13-27-21)25(30)29-16-14-28(15-17-29)23-8-3-2-7-22(23)26/h2-8,10,12-13,18H,14-17H2,1H3. The topological polar surface area (TPSA) is 45.7 Å². The number of nitrogens with zero attached hydrogens (tertiary/aromatic N) is 3. The first-order valence-electron chi connectivity index (χ1n) is 10.1. The number of methoxy groups -OCH3 is 1. The molecule has 0 N–H and O–H groups in total. The molecule has 1 saturated heterocycles. The normalized spacial score (nSPS) is 13.4. The lowest BCUT2D eigenvalue weighted by atomic mass is 10.1. The number of para-hydroxylation sites is 1. The third kappa shape index (κ3) is 4.82. The van der Waals surface area contributed by atoms with Crippen molar-refractivity contribution in [3.8, 4) is 17.6 Å². The van der Waals surface area contributed by atoms with Gasteiger partial charge < -0.3 is 14.5 Å². The van der Waals surface area contributed by atoms with Gasteiger partial charge in [0.05, 0.1) is 23.4 Å². The molecule has 0 bridgehead atoms. The van der Waals surface area contributed by atoms with Gasteiger partial charge >= 0.3 is 0 Å². The Morgan fingerprint density at radius 1 is 1.00 bits per heavy atom. The summed E-state index contributed by atoms with van der Waals surface area (Å²) in [6.45, 7) is 2.73. The van der Waals surface area contributed by atoms with E-state index in [0.29, 0.717) is 35.7 Å². The molecule has 1 aliphatic rings. The molecule has 1 aromatic heterocycles. The highest BCUT2D eigenvalue weighted by molar-refractivity contribution is 6.33. The van der Waals surface area contributed by atoms with Crippen molar-refractivity contribution in [2.24, 2.45) is 0 Å². The molecule has 1 amide bonds. The van der Waals surface area contributed by atoms with E-state index in [2.05, 4.69) is 21.7 Å². The molecule has 2 aromatic carbocycles. The Balaban J connectivity index is 1.49. The molecule has 0 atom stereocenters. The minimum Gasteiger partial charge on any atom is -0.495 e. The van der Waals surface area contributed by atoms with Gasteiger partial charge in [-0.3, -0.25) is 4.79 Å². The number of ether oxygens (including phenoxy) is 1. The van der Waals surface area contributed by atoms with Crippen LogP contribution in [0.15, 0.2) is 66.9 Å². The molecule has 0 radical (unpaired) electrons. The average Bonchev–Trinajstić information content (AvgIpc) is 2.83. The zero-order valence-corrected chi connectivity index (χ0v) is 18.0. The lowest BCUT2D eigenvalue weighted by Crippen LogP contribution is -2.48. The van der Waals surface area contributed by atoms with E-state index in [1.165, 1.54) is 0 Å². The van der Waals surface area contributed by atoms with Crippen molar-refractivity contribution in [1.29, 1.82) is 0 Å². The summed E-state index contributed by atoms with van der Waals surface area (Å²) in [6.07, 6.45) is 1.70. The number of amides is 1. The third-order valence-electron chi connectivity index (χ3n) is 5.20. The number of pyridine rings is 1. The first kappa shape index (κ1) is 20.8. The largest absolute Gasteiger partial charge is 0.495 e. The molecule has 1 aliphatic heterocycles. The van der Waals surface area contributed by atoms with Crippen LogP contribution in [0.3, 0.4) is 0 Å². The number of carbonyl (C=O) groups excluding carboxylic acids is 1. The lowest BCUT2D eigenvalue weighted by molar-refractivity contribution is 0.0746. The van der Waals surface area contributed by atoms with Gasteiger partial charge in [0.15, 0.2) is 0 Å². The van der Waals surface area contributed by atoms with E-state index < -0.39 is 0 Å². The van der Waals surface area contributed by atoms with Crippen LogP contribution in [0.25, 0.3) is 0 Å². The van der Waals surface area contributed by atoms with E-state index in [-0.39, 0.29) is 5.91 Å². The maximum absolute atomic E-state index is 13.1. The Labute approximate surface area is 187 Å². The van der Waals surface area contributed by atoms with E-state index >= 15 is 0 Å². The van der Waals surface area contributed by atoms with Crippen LogP contribution in [-0.4, -0.2) is 49.1 Å². The molecule has 6 heteroatoms. The van der Waals surface area contributed by atoms with Crippen LogP contribution >= 0.6 is 11.6 Å². The fraction of sp³-hybridized carbons (Fsp3) is 0.200. The highest BCUT2D eigenvalue weighted by atomic mass is 35.5. The number of benzene rings is 2. The second kappa shape index (κ2) is 9.55. The van der Waals surface area contributed by atoms with Crippen LogP contribution < -0.4 is 9.64 Å². The van der Waals surface area contributed by atoms with Gasteiger partial charge in [-0.25, -0.2) is 4.98 Å². The number of rotatable bonds is 3. The summed E-state index contributed by atoms with van der Waals surface area (Å²) in [5.74, 6) is 6.72. The molecule has 0 saturated carbocycles. The number of piperazine rings is 1. The van der Waals surface area contributed by atoms with Crippen molar-refractivity contribution in [3.05, 3.63) is 88.7 Å². The summed E-state index contributed by atoms with van der Waals surface area (Å²) >= 11 is 6.32. The van der Waals surface area contributed by atoms with Gasteiger partial charge in [-0.2, -0.15) is 0 Å². The van der Waals surface area contributed by atoms with E-state index in [1.807, 2.05) is 47.4 Å². The molecular formula is C25H22ClN3O2. The number of anilines is 1. The van der Waals surface area contributed by atoms with E-state index in [9.17, 15) is 4.79 Å². The zero-order valence-electron chi connectivity index (χ0n) is 17.2. The fourth-order valence-electron chi connectivity index (χ4n) is 3.55. The summed E-state index contributed by atoms with van der Waals surface area (Å²) in [5.41, 5.74) is 2.93. The smallest absolute Gasteiger partial charge is 0.254 e. The molecular weight excluding hydrogens is 410 g/mol. The second-order valence-electron chi connectivity index (χ2n) is 7.11. The van der Waals surface area contributed by atoms with Gasteiger partial charge in [0.1, 0.15) is 11.4 Å². The minimum atomic E-state index is -0.0117. The maximum Gasteiger partial charge on any atom is 0.254 e. The summed E-state index contributed by atoms with van der Waals surface area (Å²) in [6, 6.07) is 18.7. The molecule has 4 rings (SSSR count). The van der Waals surface area contributed by atoms with Crippen LogP contribution in [-0.2, 0) is 0 Å². The first-order valence-corrected chi connectivity index (χ1v) is 10.4. The highest BCUT2D eigenvalue weighted by Gasteiger charge is 2.23. The van der Waals surface area contributed by atoms with Crippen molar-refractivity contribution in [1.82, 2.24) is 9.88 Å². The van der Waals surface area contributed by atoms with Gasteiger partial charge in [0, 0.05) is 37.9 Å². The zero-order chi connectivity index (χ0) is 21.6. The summed E-state index contributed by atoms with van der Waals surface area (Å²) < 4.78 is 5.42. The first-order chi connectivity index (χ1) is 15.2. The van der Waals surface area contributed by atoms with E-state index in [1.54, 1.807) is 31.5 Å². The Morgan fingerprint density at radius 3 is 2.48 bits per heavy atom. The average molecular weight is 432 g/mol. The van der Waals surface area contributed by atoms with Gasteiger partial charge in [0.2, 0.25) is 0 Å². The number of aromatic nitrogens is 1. The summed E-state index contributed by atoms with van der Waals surface area (Å²) in [7, 11) is 1.59. The molecule has 0 aliphatic carbocycles. The van der Waals surface area contributed by atoms with Gasteiger partial charge in [-0.1, -0.05) is 35.7 Å². The van der Waals surface area contributed by atoms with Crippen LogP contribution in [0.5, 0.6) is 5.75 Å². The van der Waals surface area contributed by atoms with Crippen LogP contribution in [0, 0.1) is 11.8 Å². The van der Waals surface area contributed by atoms with Crippen molar-refractivity contribution in [2.45, 2.75) is 0 Å². The number of hydrogen-bond acceptors (Lipinski definition) is 4. The van der Waals surface area contributed by atoms with Crippen molar-refractivity contribution in [2.75, 3.05) is 38.2 Å². The SMILES string of the molecule is COc1ccc(C(=O)N2CCN(c3ccccc3Cl)CC2)cc1C#Cc1ccccn1. The van der Waals surface area contributed by atoms with Crippen molar-refractivity contribution in [3.63, 3.8) is 0 Å². The Kier molecular flexibility index (Phi) is 6.40. The Morgan fingerprint density at radius 2 is 1.77 bits per heavy atom. The van der Waals surface area contributed by atoms with Crippen molar-refractivity contribution >= 4 is 23.2 Å². The second-order valence-corrected chi connectivity index (χ2v) is 7.52. The summed E-state index contributed by atoms with van der Waals surface area (Å²) in [5, 5.41) is 0.730. The highest BCUT2D eigenvalue weighted by Crippen LogP contribution is 2.26. The van der Waals surface area contributed by atoms with Crippen LogP contribution in [0.2, 0.25) is 5.02 Å². The van der Waals surface area contributed by atoms with Crippen LogP contribution in [0.4, 0.5) is 5.69 Å². The van der Waals surface area contributed by atoms with Gasteiger partial charge in [0.25, 0.3) is 5.91 Å². The number of carbonyl (C=O) groups is 1. The minimum absolute atomic E-state index is 0.0117.